The Hall–Kier alpha value is -1.67. The lowest BCUT2D eigenvalue weighted by molar-refractivity contribution is 0.456. The Labute approximate surface area is 114 Å². The molecule has 0 aromatic carbocycles. The number of anilines is 1. The lowest BCUT2D eigenvalue weighted by atomic mass is 10.0. The molecule has 102 valence electrons. The van der Waals surface area contributed by atoms with Crippen LogP contribution in [-0.2, 0) is 0 Å². The largest absolute Gasteiger partial charge is 0.338 e. The van der Waals surface area contributed by atoms with Crippen molar-refractivity contribution in [3.05, 3.63) is 17.5 Å². The lowest BCUT2D eigenvalue weighted by Crippen LogP contribution is -2.41. The standard InChI is InChI=1S/C14H21N5/c1-3-19(13-6-4-5-11(13)8-15)14-17-10(2)7-12(9-16)18-14/h7,11,13H,3-6,8,15H2,1-2H3. The Balaban J connectivity index is 2.31. The molecule has 2 rings (SSSR count). The van der Waals surface area contributed by atoms with Crippen LogP contribution in [0.1, 0.15) is 37.6 Å². The second kappa shape index (κ2) is 5.98. The summed E-state index contributed by atoms with van der Waals surface area (Å²) in [6.07, 6.45) is 3.52. The first-order valence-corrected chi connectivity index (χ1v) is 6.92. The summed E-state index contributed by atoms with van der Waals surface area (Å²) in [4.78, 5) is 11.0. The van der Waals surface area contributed by atoms with Gasteiger partial charge in [0, 0.05) is 18.3 Å². The first-order valence-electron chi connectivity index (χ1n) is 6.92. The highest BCUT2D eigenvalue weighted by Gasteiger charge is 2.32. The van der Waals surface area contributed by atoms with Crippen molar-refractivity contribution in [2.75, 3.05) is 18.0 Å². The number of aryl methyl sites for hydroxylation is 1. The summed E-state index contributed by atoms with van der Waals surface area (Å²) in [6.45, 7) is 5.55. The first-order chi connectivity index (χ1) is 9.19. The summed E-state index contributed by atoms with van der Waals surface area (Å²) >= 11 is 0. The smallest absolute Gasteiger partial charge is 0.227 e. The average molecular weight is 259 g/mol. The molecule has 2 N–H and O–H groups in total. The van der Waals surface area contributed by atoms with Crippen LogP contribution < -0.4 is 10.6 Å². The topological polar surface area (TPSA) is 78.8 Å². The zero-order valence-corrected chi connectivity index (χ0v) is 11.6. The van der Waals surface area contributed by atoms with Gasteiger partial charge >= 0.3 is 0 Å². The number of nitrogens with two attached hydrogens (primary N) is 1. The van der Waals surface area contributed by atoms with Gasteiger partial charge in [-0.1, -0.05) is 6.42 Å². The fourth-order valence-corrected chi connectivity index (χ4v) is 2.97. The van der Waals surface area contributed by atoms with Gasteiger partial charge in [-0.2, -0.15) is 5.26 Å². The maximum atomic E-state index is 9.03. The molecule has 0 amide bonds. The normalized spacial score (nSPS) is 22.2. The third kappa shape index (κ3) is 2.85. The molecule has 1 heterocycles. The Morgan fingerprint density at radius 3 is 2.89 bits per heavy atom. The van der Waals surface area contributed by atoms with Crippen LogP contribution in [0.2, 0.25) is 0 Å². The van der Waals surface area contributed by atoms with Gasteiger partial charge in [-0.15, -0.1) is 0 Å². The zero-order valence-electron chi connectivity index (χ0n) is 11.6. The zero-order chi connectivity index (χ0) is 13.8. The number of nitrogens with zero attached hydrogens (tertiary/aromatic N) is 4. The third-order valence-electron chi connectivity index (χ3n) is 3.88. The summed E-state index contributed by atoms with van der Waals surface area (Å²) in [5, 5.41) is 9.03. The van der Waals surface area contributed by atoms with Crippen LogP contribution in [0.25, 0.3) is 0 Å². The molecule has 1 fully saturated rings. The van der Waals surface area contributed by atoms with Gasteiger partial charge in [0.15, 0.2) is 0 Å². The van der Waals surface area contributed by atoms with Crippen LogP contribution in [0.5, 0.6) is 0 Å². The Morgan fingerprint density at radius 1 is 1.47 bits per heavy atom. The van der Waals surface area contributed by atoms with Crippen LogP contribution >= 0.6 is 0 Å². The summed E-state index contributed by atoms with van der Waals surface area (Å²) in [5.74, 6) is 1.18. The SMILES string of the molecule is CCN(c1nc(C)cc(C#N)n1)C1CCCC1CN. The van der Waals surface area contributed by atoms with E-state index in [1.54, 1.807) is 6.07 Å². The monoisotopic (exact) mass is 259 g/mol. The van der Waals surface area contributed by atoms with Crippen LogP contribution in [0.3, 0.4) is 0 Å². The maximum absolute atomic E-state index is 9.03. The van der Waals surface area contributed by atoms with Gasteiger partial charge in [-0.3, -0.25) is 0 Å². The average Bonchev–Trinajstić information content (AvgIpc) is 2.87. The molecule has 0 bridgehead atoms. The summed E-state index contributed by atoms with van der Waals surface area (Å²) in [5.41, 5.74) is 7.13. The third-order valence-corrected chi connectivity index (χ3v) is 3.88. The number of aromatic nitrogens is 2. The molecular formula is C14H21N5. The van der Waals surface area contributed by atoms with E-state index in [1.165, 1.54) is 12.8 Å². The van der Waals surface area contributed by atoms with E-state index in [9.17, 15) is 0 Å². The summed E-state index contributed by atoms with van der Waals surface area (Å²) < 4.78 is 0. The second-order valence-electron chi connectivity index (χ2n) is 5.09. The molecule has 2 unspecified atom stereocenters. The fraction of sp³-hybridized carbons (Fsp3) is 0.643. The van der Waals surface area contributed by atoms with E-state index < -0.39 is 0 Å². The fourth-order valence-electron chi connectivity index (χ4n) is 2.97. The number of nitriles is 1. The number of rotatable bonds is 4. The van der Waals surface area contributed by atoms with Crippen molar-refractivity contribution in [2.24, 2.45) is 11.7 Å². The van der Waals surface area contributed by atoms with Gasteiger partial charge in [0.1, 0.15) is 11.8 Å². The van der Waals surface area contributed by atoms with E-state index in [-0.39, 0.29) is 0 Å². The minimum Gasteiger partial charge on any atom is -0.338 e. The Morgan fingerprint density at radius 2 is 2.26 bits per heavy atom. The maximum Gasteiger partial charge on any atom is 0.227 e. The molecule has 0 radical (unpaired) electrons. The lowest BCUT2D eigenvalue weighted by Gasteiger charge is -2.32. The molecule has 0 spiro atoms. The molecule has 5 heteroatoms. The van der Waals surface area contributed by atoms with Crippen molar-refractivity contribution in [3.8, 4) is 6.07 Å². The van der Waals surface area contributed by atoms with E-state index in [0.717, 1.165) is 18.7 Å². The van der Waals surface area contributed by atoms with Crippen molar-refractivity contribution in [1.82, 2.24) is 9.97 Å². The molecule has 19 heavy (non-hydrogen) atoms. The van der Waals surface area contributed by atoms with Crippen molar-refractivity contribution in [1.29, 1.82) is 5.26 Å². The minimum atomic E-state index is 0.406. The Bertz CT molecular complexity index is 479. The highest BCUT2D eigenvalue weighted by atomic mass is 15.3. The number of hydrogen-bond acceptors (Lipinski definition) is 5. The van der Waals surface area contributed by atoms with Gasteiger partial charge in [0.05, 0.1) is 0 Å². The predicted octanol–water partition coefficient (Wildman–Crippen LogP) is 1.61. The Kier molecular flexibility index (Phi) is 4.33. The molecule has 5 nitrogen and oxygen atoms in total. The quantitative estimate of drug-likeness (QED) is 0.888. The van der Waals surface area contributed by atoms with Crippen molar-refractivity contribution in [2.45, 2.75) is 39.2 Å². The van der Waals surface area contributed by atoms with Gasteiger partial charge in [0.2, 0.25) is 5.95 Å². The highest BCUT2D eigenvalue weighted by molar-refractivity contribution is 5.37. The van der Waals surface area contributed by atoms with E-state index in [4.69, 9.17) is 11.0 Å². The predicted molar refractivity (Wildman–Crippen MR) is 74.7 cm³/mol. The van der Waals surface area contributed by atoms with Crippen LogP contribution in [0.4, 0.5) is 5.95 Å². The summed E-state index contributed by atoms with van der Waals surface area (Å²) in [6, 6.07) is 4.22. The van der Waals surface area contributed by atoms with Gasteiger partial charge in [0.25, 0.3) is 0 Å². The molecule has 1 saturated carbocycles. The second-order valence-corrected chi connectivity index (χ2v) is 5.09. The van der Waals surface area contributed by atoms with Gasteiger partial charge < -0.3 is 10.6 Å². The van der Waals surface area contributed by atoms with E-state index in [0.29, 0.717) is 30.1 Å². The van der Waals surface area contributed by atoms with Crippen molar-refractivity contribution in [3.63, 3.8) is 0 Å². The molecule has 1 aliphatic rings. The molecular weight excluding hydrogens is 238 g/mol. The molecule has 1 aliphatic carbocycles. The van der Waals surface area contributed by atoms with Gasteiger partial charge in [-0.25, -0.2) is 9.97 Å². The van der Waals surface area contributed by atoms with Crippen molar-refractivity contribution >= 4 is 5.95 Å². The molecule has 2 atom stereocenters. The summed E-state index contributed by atoms with van der Waals surface area (Å²) in [7, 11) is 0. The van der Waals surface area contributed by atoms with Crippen LogP contribution in [-0.4, -0.2) is 29.1 Å². The highest BCUT2D eigenvalue weighted by Crippen LogP contribution is 2.31. The van der Waals surface area contributed by atoms with E-state index >= 15 is 0 Å². The minimum absolute atomic E-state index is 0.406. The van der Waals surface area contributed by atoms with Gasteiger partial charge in [-0.05, 0) is 45.2 Å². The van der Waals surface area contributed by atoms with E-state index in [2.05, 4.69) is 27.9 Å². The first kappa shape index (κ1) is 13.8. The number of hydrogen-bond donors (Lipinski definition) is 1. The van der Waals surface area contributed by atoms with Crippen molar-refractivity contribution < 1.29 is 0 Å². The molecule has 1 aromatic heterocycles. The molecule has 1 aromatic rings. The van der Waals surface area contributed by atoms with E-state index in [1.807, 2.05) is 6.92 Å². The van der Waals surface area contributed by atoms with Crippen LogP contribution in [0, 0.1) is 24.2 Å². The molecule has 0 aliphatic heterocycles. The molecule has 0 saturated heterocycles. The van der Waals surface area contributed by atoms with Crippen LogP contribution in [0.15, 0.2) is 6.07 Å².